The maximum Gasteiger partial charge on any atom is 0.244 e. The monoisotopic (exact) mass is 296 g/mol. The predicted molar refractivity (Wildman–Crippen MR) is 88.3 cm³/mol. The average molecular weight is 296 g/mol. The molecule has 0 saturated heterocycles. The Labute approximate surface area is 130 Å². The summed E-state index contributed by atoms with van der Waals surface area (Å²) in [6, 6.07) is 15.5. The zero-order chi connectivity index (χ0) is 15.8. The first-order chi connectivity index (χ1) is 10.7. The molecule has 0 aliphatic heterocycles. The van der Waals surface area contributed by atoms with Crippen molar-refractivity contribution in [2.24, 2.45) is 5.10 Å². The number of nitrogens with zero attached hydrogens (tertiary/aromatic N) is 1. The van der Waals surface area contributed by atoms with E-state index < -0.39 is 0 Å². The van der Waals surface area contributed by atoms with Gasteiger partial charge in [-0.1, -0.05) is 43.3 Å². The van der Waals surface area contributed by atoms with Gasteiger partial charge in [-0.15, -0.1) is 0 Å². The van der Waals surface area contributed by atoms with E-state index in [0.717, 1.165) is 23.3 Å². The summed E-state index contributed by atoms with van der Waals surface area (Å²) in [4.78, 5) is 11.8. The number of nitrogens with one attached hydrogen (secondary N) is 1. The molecule has 0 bridgehead atoms. The quantitative estimate of drug-likeness (QED) is 0.658. The molecule has 0 atom stereocenters. The second-order valence-electron chi connectivity index (χ2n) is 4.91. The van der Waals surface area contributed by atoms with E-state index in [1.807, 2.05) is 36.4 Å². The maximum absolute atomic E-state index is 11.8. The van der Waals surface area contributed by atoms with Gasteiger partial charge in [0.05, 0.1) is 19.7 Å². The zero-order valence-corrected chi connectivity index (χ0v) is 12.9. The van der Waals surface area contributed by atoms with E-state index in [9.17, 15) is 4.79 Å². The Morgan fingerprint density at radius 2 is 1.73 bits per heavy atom. The van der Waals surface area contributed by atoms with Gasteiger partial charge in [0.15, 0.2) is 0 Å². The molecule has 4 nitrogen and oxygen atoms in total. The summed E-state index contributed by atoms with van der Waals surface area (Å²) in [5.41, 5.74) is 5.69. The molecule has 114 valence electrons. The van der Waals surface area contributed by atoms with Crippen LogP contribution >= 0.6 is 0 Å². The Morgan fingerprint density at radius 1 is 1.09 bits per heavy atom. The van der Waals surface area contributed by atoms with E-state index in [1.165, 1.54) is 5.56 Å². The van der Waals surface area contributed by atoms with Gasteiger partial charge >= 0.3 is 0 Å². The molecule has 0 aromatic heterocycles. The number of amides is 1. The summed E-state index contributed by atoms with van der Waals surface area (Å²) in [6.45, 7) is 2.11. The minimum Gasteiger partial charge on any atom is -0.497 e. The van der Waals surface area contributed by atoms with Crippen molar-refractivity contribution in [3.05, 3.63) is 65.2 Å². The molecule has 1 N–H and O–H groups in total. The third kappa shape index (κ3) is 4.74. The van der Waals surface area contributed by atoms with Gasteiger partial charge in [0, 0.05) is 0 Å². The van der Waals surface area contributed by atoms with Crippen LogP contribution in [0.1, 0.15) is 23.6 Å². The molecule has 0 unspecified atom stereocenters. The summed E-state index contributed by atoms with van der Waals surface area (Å²) >= 11 is 0. The third-order valence-electron chi connectivity index (χ3n) is 3.31. The second kappa shape index (κ2) is 7.98. The molecule has 2 aromatic rings. The summed E-state index contributed by atoms with van der Waals surface area (Å²) in [5, 5.41) is 3.98. The molecule has 0 spiro atoms. The summed E-state index contributed by atoms with van der Waals surface area (Å²) in [5.74, 6) is 0.629. The Bertz CT molecular complexity index is 631. The van der Waals surface area contributed by atoms with Gasteiger partial charge in [-0.05, 0) is 35.2 Å². The molecule has 1 amide bonds. The zero-order valence-electron chi connectivity index (χ0n) is 12.9. The van der Waals surface area contributed by atoms with Crippen molar-refractivity contribution in [2.45, 2.75) is 19.8 Å². The number of carbonyl (C=O) groups is 1. The summed E-state index contributed by atoms with van der Waals surface area (Å²) in [7, 11) is 1.61. The summed E-state index contributed by atoms with van der Waals surface area (Å²) < 4.78 is 5.08. The van der Waals surface area contributed by atoms with Crippen LogP contribution in [0.15, 0.2) is 53.6 Å². The fourth-order valence-electron chi connectivity index (χ4n) is 1.99. The van der Waals surface area contributed by atoms with Crippen molar-refractivity contribution in [2.75, 3.05) is 7.11 Å². The van der Waals surface area contributed by atoms with Gasteiger partial charge < -0.3 is 4.74 Å². The lowest BCUT2D eigenvalue weighted by Crippen LogP contribution is -2.19. The Balaban J connectivity index is 1.84. The molecule has 0 heterocycles. The van der Waals surface area contributed by atoms with Gasteiger partial charge in [-0.2, -0.15) is 5.10 Å². The summed E-state index contributed by atoms with van der Waals surface area (Å²) in [6.07, 6.45) is 2.94. The maximum atomic E-state index is 11.8. The number of hydrogen-bond donors (Lipinski definition) is 1. The predicted octanol–water partition coefficient (Wildman–Crippen LogP) is 2.95. The Kier molecular flexibility index (Phi) is 5.72. The molecule has 0 aliphatic carbocycles. The number of aryl methyl sites for hydroxylation is 1. The lowest BCUT2D eigenvalue weighted by atomic mass is 10.1. The third-order valence-corrected chi connectivity index (χ3v) is 3.31. The number of ether oxygens (including phenoxy) is 1. The van der Waals surface area contributed by atoms with Crippen molar-refractivity contribution in [3.8, 4) is 5.75 Å². The van der Waals surface area contributed by atoms with E-state index in [0.29, 0.717) is 0 Å². The normalized spacial score (nSPS) is 10.6. The first-order valence-electron chi connectivity index (χ1n) is 7.25. The van der Waals surface area contributed by atoms with Crippen LogP contribution in [0, 0.1) is 0 Å². The van der Waals surface area contributed by atoms with Crippen LogP contribution in [0.25, 0.3) is 0 Å². The van der Waals surface area contributed by atoms with E-state index in [-0.39, 0.29) is 12.3 Å². The molecule has 0 radical (unpaired) electrons. The number of hydrazone groups is 1. The van der Waals surface area contributed by atoms with E-state index in [1.54, 1.807) is 13.3 Å². The van der Waals surface area contributed by atoms with Crippen LogP contribution in [0.2, 0.25) is 0 Å². The highest BCUT2D eigenvalue weighted by atomic mass is 16.5. The lowest BCUT2D eigenvalue weighted by Gasteiger charge is -2.03. The number of rotatable bonds is 6. The largest absolute Gasteiger partial charge is 0.497 e. The van der Waals surface area contributed by atoms with Crippen molar-refractivity contribution in [1.82, 2.24) is 5.43 Å². The Hall–Kier alpha value is -2.62. The number of methoxy groups -OCH3 is 1. The number of carbonyl (C=O) groups excluding carboxylic acids is 1. The molecule has 0 aliphatic rings. The highest BCUT2D eigenvalue weighted by Crippen LogP contribution is 2.11. The van der Waals surface area contributed by atoms with Crippen LogP contribution < -0.4 is 10.2 Å². The Morgan fingerprint density at radius 3 is 2.32 bits per heavy atom. The fourth-order valence-corrected chi connectivity index (χ4v) is 1.99. The average Bonchev–Trinajstić information content (AvgIpc) is 2.56. The smallest absolute Gasteiger partial charge is 0.244 e. The number of hydrogen-bond acceptors (Lipinski definition) is 3. The molecule has 22 heavy (non-hydrogen) atoms. The van der Waals surface area contributed by atoms with Crippen LogP contribution in [0.3, 0.4) is 0 Å². The standard InChI is InChI=1S/C18H20N2O2/c1-3-14-4-6-16(7-5-14)13-19-20-18(21)12-15-8-10-17(22-2)11-9-15/h4-11,13H,3,12H2,1-2H3,(H,20,21). The van der Waals surface area contributed by atoms with E-state index in [2.05, 4.69) is 29.6 Å². The topological polar surface area (TPSA) is 50.7 Å². The van der Waals surface area contributed by atoms with E-state index >= 15 is 0 Å². The van der Waals surface area contributed by atoms with Crippen LogP contribution in [-0.4, -0.2) is 19.2 Å². The lowest BCUT2D eigenvalue weighted by molar-refractivity contribution is -0.120. The highest BCUT2D eigenvalue weighted by Gasteiger charge is 2.02. The molecule has 2 aromatic carbocycles. The van der Waals surface area contributed by atoms with Crippen molar-refractivity contribution in [1.29, 1.82) is 0 Å². The van der Waals surface area contributed by atoms with Crippen molar-refractivity contribution >= 4 is 12.1 Å². The van der Waals surface area contributed by atoms with Gasteiger partial charge in [-0.3, -0.25) is 4.79 Å². The van der Waals surface area contributed by atoms with Crippen molar-refractivity contribution < 1.29 is 9.53 Å². The van der Waals surface area contributed by atoms with Crippen molar-refractivity contribution in [3.63, 3.8) is 0 Å². The van der Waals surface area contributed by atoms with Gasteiger partial charge in [0.2, 0.25) is 5.91 Å². The second-order valence-corrected chi connectivity index (χ2v) is 4.91. The van der Waals surface area contributed by atoms with Gasteiger partial charge in [0.25, 0.3) is 0 Å². The van der Waals surface area contributed by atoms with Gasteiger partial charge in [-0.25, -0.2) is 5.43 Å². The fraction of sp³-hybridized carbons (Fsp3) is 0.222. The van der Waals surface area contributed by atoms with Gasteiger partial charge in [0.1, 0.15) is 5.75 Å². The van der Waals surface area contributed by atoms with E-state index in [4.69, 9.17) is 4.74 Å². The number of benzene rings is 2. The molecule has 2 rings (SSSR count). The first-order valence-corrected chi connectivity index (χ1v) is 7.25. The highest BCUT2D eigenvalue weighted by molar-refractivity contribution is 5.83. The minimum absolute atomic E-state index is 0.147. The van der Waals surface area contributed by atoms with Crippen LogP contribution in [0.5, 0.6) is 5.75 Å². The molecule has 0 saturated carbocycles. The first kappa shape index (κ1) is 15.8. The SMILES string of the molecule is CCc1ccc(C=NNC(=O)Cc2ccc(OC)cc2)cc1. The molecular weight excluding hydrogens is 276 g/mol. The van der Waals surface area contributed by atoms with Crippen LogP contribution in [-0.2, 0) is 17.6 Å². The minimum atomic E-state index is -0.147. The van der Waals surface area contributed by atoms with Crippen LogP contribution in [0.4, 0.5) is 0 Å². The molecule has 0 fully saturated rings. The molecule has 4 heteroatoms. The molecular formula is C18H20N2O2.